The van der Waals surface area contributed by atoms with Gasteiger partial charge in [-0.2, -0.15) is 5.10 Å². The van der Waals surface area contributed by atoms with Crippen molar-refractivity contribution in [1.29, 1.82) is 0 Å². The molecule has 1 fully saturated rings. The SMILES string of the molecule is O=C(NC1CCC(Cl)CC1)c1cnn2ccccc12. The molecule has 0 unspecified atom stereocenters. The molecule has 0 radical (unpaired) electrons. The van der Waals surface area contributed by atoms with E-state index in [-0.39, 0.29) is 17.3 Å². The molecule has 1 saturated carbocycles. The van der Waals surface area contributed by atoms with Crippen LogP contribution in [0.5, 0.6) is 0 Å². The second-order valence-electron chi connectivity index (χ2n) is 5.01. The summed E-state index contributed by atoms with van der Waals surface area (Å²) in [6.45, 7) is 0. The molecule has 1 amide bonds. The number of nitrogens with zero attached hydrogens (tertiary/aromatic N) is 2. The molecular formula is C14H16ClN3O. The second-order valence-corrected chi connectivity index (χ2v) is 5.63. The van der Waals surface area contributed by atoms with E-state index in [2.05, 4.69) is 10.4 Å². The molecule has 2 aromatic heterocycles. The highest BCUT2D eigenvalue weighted by Crippen LogP contribution is 2.23. The minimum Gasteiger partial charge on any atom is -0.349 e. The van der Waals surface area contributed by atoms with Crippen LogP contribution in [0, 0.1) is 0 Å². The van der Waals surface area contributed by atoms with E-state index in [4.69, 9.17) is 11.6 Å². The summed E-state index contributed by atoms with van der Waals surface area (Å²) >= 11 is 6.07. The third-order valence-electron chi connectivity index (χ3n) is 3.66. The number of rotatable bonds is 2. The van der Waals surface area contributed by atoms with E-state index >= 15 is 0 Å². The number of fused-ring (bicyclic) bond motifs is 1. The molecule has 1 N–H and O–H groups in total. The zero-order valence-corrected chi connectivity index (χ0v) is 11.3. The fourth-order valence-electron chi connectivity index (χ4n) is 2.57. The molecule has 0 atom stereocenters. The van der Waals surface area contributed by atoms with E-state index in [9.17, 15) is 4.79 Å². The average Bonchev–Trinajstić information content (AvgIpc) is 2.85. The van der Waals surface area contributed by atoms with Crippen molar-refractivity contribution < 1.29 is 4.79 Å². The molecule has 1 aliphatic rings. The largest absolute Gasteiger partial charge is 0.349 e. The Morgan fingerprint density at radius 3 is 2.89 bits per heavy atom. The van der Waals surface area contributed by atoms with Crippen molar-refractivity contribution in [3.63, 3.8) is 0 Å². The monoisotopic (exact) mass is 277 g/mol. The molecule has 0 bridgehead atoms. The van der Waals surface area contributed by atoms with Crippen molar-refractivity contribution in [2.45, 2.75) is 37.1 Å². The standard InChI is InChI=1S/C14H16ClN3O/c15-10-4-6-11(7-5-10)17-14(19)12-9-16-18-8-2-1-3-13(12)18/h1-3,8-11H,4-7H2,(H,17,19). The first-order chi connectivity index (χ1) is 9.24. The van der Waals surface area contributed by atoms with Crippen LogP contribution in [0.4, 0.5) is 0 Å². The van der Waals surface area contributed by atoms with Crippen molar-refractivity contribution in [2.24, 2.45) is 0 Å². The highest BCUT2D eigenvalue weighted by molar-refractivity contribution is 6.20. The van der Waals surface area contributed by atoms with E-state index in [1.807, 2.05) is 24.4 Å². The van der Waals surface area contributed by atoms with Crippen LogP contribution >= 0.6 is 11.6 Å². The van der Waals surface area contributed by atoms with Crippen LogP contribution in [-0.2, 0) is 0 Å². The normalized spacial score (nSPS) is 23.4. The van der Waals surface area contributed by atoms with Gasteiger partial charge in [-0.1, -0.05) is 6.07 Å². The zero-order chi connectivity index (χ0) is 13.2. The summed E-state index contributed by atoms with van der Waals surface area (Å²) in [5, 5.41) is 7.53. The highest BCUT2D eigenvalue weighted by Gasteiger charge is 2.22. The maximum absolute atomic E-state index is 12.3. The Hall–Kier alpha value is -1.55. The van der Waals surface area contributed by atoms with Crippen LogP contribution in [0.15, 0.2) is 30.6 Å². The Bertz CT molecular complexity index is 587. The molecule has 100 valence electrons. The molecule has 4 nitrogen and oxygen atoms in total. The fraction of sp³-hybridized carbons (Fsp3) is 0.429. The summed E-state index contributed by atoms with van der Waals surface area (Å²) in [7, 11) is 0. The lowest BCUT2D eigenvalue weighted by Crippen LogP contribution is -2.37. The number of pyridine rings is 1. The summed E-state index contributed by atoms with van der Waals surface area (Å²) in [6, 6.07) is 5.94. The molecule has 5 heteroatoms. The van der Waals surface area contributed by atoms with E-state index in [0.29, 0.717) is 5.56 Å². The predicted octanol–water partition coefficient (Wildman–Crippen LogP) is 2.61. The van der Waals surface area contributed by atoms with Gasteiger partial charge in [-0.15, -0.1) is 11.6 Å². The van der Waals surface area contributed by atoms with Gasteiger partial charge in [0.2, 0.25) is 0 Å². The van der Waals surface area contributed by atoms with Crippen LogP contribution in [0.25, 0.3) is 5.52 Å². The van der Waals surface area contributed by atoms with Gasteiger partial charge in [0.25, 0.3) is 5.91 Å². The Morgan fingerprint density at radius 1 is 1.32 bits per heavy atom. The minimum atomic E-state index is -0.0424. The first-order valence-corrected chi connectivity index (χ1v) is 7.05. The van der Waals surface area contributed by atoms with Gasteiger partial charge in [-0.25, -0.2) is 4.52 Å². The number of carbonyl (C=O) groups excluding carboxylic acids is 1. The second kappa shape index (κ2) is 5.21. The van der Waals surface area contributed by atoms with Crippen molar-refractivity contribution >= 4 is 23.0 Å². The van der Waals surface area contributed by atoms with Crippen LogP contribution in [0.1, 0.15) is 36.0 Å². The quantitative estimate of drug-likeness (QED) is 0.858. The van der Waals surface area contributed by atoms with Crippen LogP contribution in [0.2, 0.25) is 0 Å². The van der Waals surface area contributed by atoms with Crippen molar-refractivity contribution in [1.82, 2.24) is 14.9 Å². The third kappa shape index (κ3) is 2.59. The molecule has 0 aromatic carbocycles. The number of amides is 1. The molecule has 3 rings (SSSR count). The van der Waals surface area contributed by atoms with E-state index < -0.39 is 0 Å². The highest BCUT2D eigenvalue weighted by atomic mass is 35.5. The van der Waals surface area contributed by atoms with E-state index in [0.717, 1.165) is 31.2 Å². The molecule has 1 aliphatic carbocycles. The zero-order valence-electron chi connectivity index (χ0n) is 10.6. The summed E-state index contributed by atoms with van der Waals surface area (Å²) in [5.74, 6) is -0.0424. The van der Waals surface area contributed by atoms with E-state index in [1.165, 1.54) is 0 Å². The summed E-state index contributed by atoms with van der Waals surface area (Å²) in [4.78, 5) is 12.3. The lowest BCUT2D eigenvalue weighted by molar-refractivity contribution is 0.0929. The minimum absolute atomic E-state index is 0.0424. The fourth-order valence-corrected chi connectivity index (χ4v) is 2.82. The average molecular weight is 278 g/mol. The molecule has 0 saturated heterocycles. The van der Waals surface area contributed by atoms with Crippen LogP contribution < -0.4 is 5.32 Å². The van der Waals surface area contributed by atoms with Gasteiger partial charge in [0.05, 0.1) is 17.3 Å². The number of nitrogens with one attached hydrogen (secondary N) is 1. The van der Waals surface area contributed by atoms with Gasteiger partial charge < -0.3 is 5.32 Å². The summed E-state index contributed by atoms with van der Waals surface area (Å²) < 4.78 is 1.71. The van der Waals surface area contributed by atoms with Gasteiger partial charge in [-0.3, -0.25) is 4.79 Å². The Labute approximate surface area is 116 Å². The van der Waals surface area contributed by atoms with Crippen molar-refractivity contribution in [2.75, 3.05) is 0 Å². The van der Waals surface area contributed by atoms with Gasteiger partial charge in [0.1, 0.15) is 0 Å². The lowest BCUT2D eigenvalue weighted by atomic mass is 9.95. The molecule has 2 heterocycles. The maximum Gasteiger partial charge on any atom is 0.255 e. The molecule has 0 spiro atoms. The number of halogens is 1. The molecule has 2 aromatic rings. The van der Waals surface area contributed by atoms with E-state index in [1.54, 1.807) is 10.7 Å². The third-order valence-corrected chi connectivity index (χ3v) is 4.10. The number of aromatic nitrogens is 2. The smallest absolute Gasteiger partial charge is 0.255 e. The summed E-state index contributed by atoms with van der Waals surface area (Å²) in [6.07, 6.45) is 7.32. The summed E-state index contributed by atoms with van der Waals surface area (Å²) in [5.41, 5.74) is 1.47. The van der Waals surface area contributed by atoms with Crippen LogP contribution in [-0.4, -0.2) is 26.9 Å². The number of carbonyl (C=O) groups is 1. The lowest BCUT2D eigenvalue weighted by Gasteiger charge is -2.25. The number of hydrogen-bond donors (Lipinski definition) is 1. The number of hydrogen-bond acceptors (Lipinski definition) is 2. The van der Waals surface area contributed by atoms with Gasteiger partial charge in [-0.05, 0) is 37.8 Å². The van der Waals surface area contributed by atoms with Gasteiger partial charge >= 0.3 is 0 Å². The Kier molecular flexibility index (Phi) is 3.42. The van der Waals surface area contributed by atoms with Gasteiger partial charge in [0.15, 0.2) is 0 Å². The molecular weight excluding hydrogens is 262 g/mol. The molecule has 0 aliphatic heterocycles. The van der Waals surface area contributed by atoms with Crippen molar-refractivity contribution in [3.05, 3.63) is 36.2 Å². The van der Waals surface area contributed by atoms with Crippen molar-refractivity contribution in [3.8, 4) is 0 Å². The number of alkyl halides is 1. The Balaban J connectivity index is 1.73. The maximum atomic E-state index is 12.3. The van der Waals surface area contributed by atoms with Crippen LogP contribution in [0.3, 0.4) is 0 Å². The van der Waals surface area contributed by atoms with Gasteiger partial charge in [0, 0.05) is 17.6 Å². The topological polar surface area (TPSA) is 46.4 Å². The predicted molar refractivity (Wildman–Crippen MR) is 74.6 cm³/mol. The first kappa shape index (κ1) is 12.5. The Morgan fingerprint density at radius 2 is 2.11 bits per heavy atom. The first-order valence-electron chi connectivity index (χ1n) is 6.61. The molecule has 19 heavy (non-hydrogen) atoms.